The average Bonchev–Trinajstić information content (AvgIpc) is 2.56. The van der Waals surface area contributed by atoms with Gasteiger partial charge in [0.25, 0.3) is 0 Å². The first-order chi connectivity index (χ1) is 11.5. The van der Waals surface area contributed by atoms with Crippen molar-refractivity contribution in [3.8, 4) is 0 Å². The molecule has 1 heterocycles. The van der Waals surface area contributed by atoms with Crippen LogP contribution in [0.1, 0.15) is 26.5 Å². The number of benzene rings is 2. The van der Waals surface area contributed by atoms with Gasteiger partial charge in [-0.05, 0) is 30.3 Å². The maximum Gasteiger partial charge on any atom is 0.0597 e. The summed E-state index contributed by atoms with van der Waals surface area (Å²) in [6, 6.07) is 23.2. The van der Waals surface area contributed by atoms with Crippen LogP contribution in [0.4, 0.5) is 0 Å². The number of hydrogen-bond acceptors (Lipinski definition) is 3. The van der Waals surface area contributed by atoms with Crippen LogP contribution in [0.25, 0.3) is 0 Å². The molecule has 0 radical (unpaired) electrons. The van der Waals surface area contributed by atoms with E-state index in [2.05, 4.69) is 81.4 Å². The molecule has 0 saturated carbocycles. The minimum Gasteiger partial charge on any atom is -0.258 e. The Hall–Kier alpha value is -1.71. The number of hydrogen-bond donors (Lipinski definition) is 0. The highest BCUT2D eigenvalue weighted by Crippen LogP contribution is 2.38. The van der Waals surface area contributed by atoms with E-state index in [0.29, 0.717) is 0 Å². The second kappa shape index (κ2) is 7.45. The molecule has 0 saturated heterocycles. The maximum atomic E-state index is 4.80. The van der Waals surface area contributed by atoms with Crippen LogP contribution in [0.3, 0.4) is 0 Å². The molecule has 2 aromatic carbocycles. The summed E-state index contributed by atoms with van der Waals surface area (Å²) in [5.74, 6) is 0. The fourth-order valence-electron chi connectivity index (χ4n) is 2.36. The second-order valence-corrected chi connectivity index (χ2v) is 8.86. The lowest BCUT2D eigenvalue weighted by Gasteiger charge is -2.21. The first-order valence-electron chi connectivity index (χ1n) is 7.99. The molecule has 0 bridgehead atoms. The van der Waals surface area contributed by atoms with Gasteiger partial charge in [0.05, 0.1) is 5.69 Å². The van der Waals surface area contributed by atoms with Crippen molar-refractivity contribution in [1.82, 2.24) is 4.98 Å². The van der Waals surface area contributed by atoms with Crippen molar-refractivity contribution in [2.24, 2.45) is 0 Å². The van der Waals surface area contributed by atoms with E-state index < -0.39 is 0 Å². The fraction of sp³-hybridized carbons (Fsp3) is 0.190. The summed E-state index contributed by atoms with van der Waals surface area (Å²) in [7, 11) is 0. The van der Waals surface area contributed by atoms with Gasteiger partial charge in [-0.15, -0.1) is 0 Å². The predicted molar refractivity (Wildman–Crippen MR) is 104 cm³/mol. The van der Waals surface area contributed by atoms with E-state index in [-0.39, 0.29) is 5.41 Å². The van der Waals surface area contributed by atoms with Crippen molar-refractivity contribution in [3.05, 3.63) is 78.6 Å². The van der Waals surface area contributed by atoms with E-state index in [1.165, 1.54) is 19.6 Å². The van der Waals surface area contributed by atoms with Crippen LogP contribution in [-0.4, -0.2) is 4.98 Å². The third-order valence-corrected chi connectivity index (χ3v) is 5.49. The molecule has 3 rings (SSSR count). The number of pyridine rings is 1. The second-order valence-electron chi connectivity index (χ2n) is 6.60. The summed E-state index contributed by atoms with van der Waals surface area (Å²) in [6.45, 7) is 6.65. The molecule has 0 atom stereocenters. The lowest BCUT2D eigenvalue weighted by molar-refractivity contribution is 0.553. The number of nitrogens with zero attached hydrogens (tertiary/aromatic N) is 1. The van der Waals surface area contributed by atoms with Gasteiger partial charge in [-0.3, -0.25) is 4.98 Å². The Balaban J connectivity index is 1.94. The Morgan fingerprint density at radius 1 is 0.708 bits per heavy atom. The highest BCUT2D eigenvalue weighted by atomic mass is 32.2. The van der Waals surface area contributed by atoms with Crippen LogP contribution >= 0.6 is 23.5 Å². The first kappa shape index (κ1) is 17.1. The van der Waals surface area contributed by atoms with Crippen LogP contribution in [-0.2, 0) is 5.41 Å². The van der Waals surface area contributed by atoms with Crippen LogP contribution in [0, 0.1) is 0 Å². The summed E-state index contributed by atoms with van der Waals surface area (Å²) in [6.07, 6.45) is 1.99. The highest BCUT2D eigenvalue weighted by molar-refractivity contribution is 8.00. The van der Waals surface area contributed by atoms with E-state index in [1.807, 2.05) is 12.3 Å². The molecule has 0 fully saturated rings. The minimum atomic E-state index is 0.0209. The Kier molecular flexibility index (Phi) is 5.32. The third-order valence-electron chi connectivity index (χ3n) is 3.49. The molecule has 1 aromatic heterocycles. The van der Waals surface area contributed by atoms with Gasteiger partial charge in [0.15, 0.2) is 0 Å². The van der Waals surface area contributed by atoms with E-state index in [9.17, 15) is 0 Å². The molecule has 0 unspecified atom stereocenters. The van der Waals surface area contributed by atoms with Crippen molar-refractivity contribution in [2.75, 3.05) is 0 Å². The molecule has 24 heavy (non-hydrogen) atoms. The van der Waals surface area contributed by atoms with Gasteiger partial charge < -0.3 is 0 Å². The molecule has 0 aliphatic rings. The molecule has 3 heteroatoms. The summed E-state index contributed by atoms with van der Waals surface area (Å²) >= 11 is 3.55. The van der Waals surface area contributed by atoms with Gasteiger partial charge >= 0.3 is 0 Å². The van der Waals surface area contributed by atoms with Gasteiger partial charge in [0, 0.05) is 31.2 Å². The van der Waals surface area contributed by atoms with Crippen molar-refractivity contribution >= 4 is 23.5 Å². The highest BCUT2D eigenvalue weighted by Gasteiger charge is 2.21. The van der Waals surface area contributed by atoms with E-state index >= 15 is 0 Å². The van der Waals surface area contributed by atoms with E-state index in [0.717, 1.165) is 5.69 Å². The standard InChI is InChI=1S/C21H21NS2/c1-21(2,3)20-19(24-17-12-8-5-9-13-17)14-18(15-22-20)23-16-10-6-4-7-11-16/h4-15H,1-3H3. The summed E-state index contributed by atoms with van der Waals surface area (Å²) in [4.78, 5) is 9.68. The molecule has 0 aliphatic carbocycles. The van der Waals surface area contributed by atoms with Gasteiger partial charge in [-0.2, -0.15) is 0 Å². The zero-order valence-corrected chi connectivity index (χ0v) is 15.8. The molecule has 0 spiro atoms. The Morgan fingerprint density at radius 3 is 1.79 bits per heavy atom. The van der Waals surface area contributed by atoms with Gasteiger partial charge in [-0.25, -0.2) is 0 Å². The van der Waals surface area contributed by atoms with Crippen LogP contribution in [0.15, 0.2) is 92.5 Å². The van der Waals surface area contributed by atoms with Gasteiger partial charge in [-0.1, -0.05) is 80.7 Å². The van der Waals surface area contributed by atoms with Crippen LogP contribution in [0.2, 0.25) is 0 Å². The Labute approximate surface area is 152 Å². The summed E-state index contributed by atoms with van der Waals surface area (Å²) in [5, 5.41) is 0. The van der Waals surface area contributed by atoms with Crippen molar-refractivity contribution in [3.63, 3.8) is 0 Å². The predicted octanol–water partition coefficient (Wildman–Crippen LogP) is 6.68. The number of aromatic nitrogens is 1. The Morgan fingerprint density at radius 2 is 1.25 bits per heavy atom. The van der Waals surface area contributed by atoms with Crippen LogP contribution in [0.5, 0.6) is 0 Å². The fourth-order valence-corrected chi connectivity index (χ4v) is 4.47. The lowest BCUT2D eigenvalue weighted by Crippen LogP contribution is -2.15. The topological polar surface area (TPSA) is 12.9 Å². The summed E-state index contributed by atoms with van der Waals surface area (Å²) < 4.78 is 0. The van der Waals surface area contributed by atoms with E-state index in [4.69, 9.17) is 4.98 Å². The van der Waals surface area contributed by atoms with Gasteiger partial charge in [0.2, 0.25) is 0 Å². The molecule has 0 aliphatic heterocycles. The molecule has 0 amide bonds. The van der Waals surface area contributed by atoms with Gasteiger partial charge in [0.1, 0.15) is 0 Å². The van der Waals surface area contributed by atoms with Crippen molar-refractivity contribution in [1.29, 1.82) is 0 Å². The average molecular weight is 352 g/mol. The monoisotopic (exact) mass is 351 g/mol. The SMILES string of the molecule is CC(C)(C)c1ncc(Sc2ccccc2)cc1Sc1ccccc1. The lowest BCUT2D eigenvalue weighted by atomic mass is 9.92. The largest absolute Gasteiger partial charge is 0.258 e. The first-order valence-corrected chi connectivity index (χ1v) is 9.62. The molecule has 3 aromatic rings. The Bertz CT molecular complexity index is 793. The van der Waals surface area contributed by atoms with Crippen LogP contribution < -0.4 is 0 Å². The zero-order chi connectivity index (χ0) is 17.0. The third kappa shape index (κ3) is 4.43. The molecule has 1 nitrogen and oxygen atoms in total. The molecule has 122 valence electrons. The normalized spacial score (nSPS) is 11.5. The molecular formula is C21H21NS2. The molecular weight excluding hydrogens is 330 g/mol. The minimum absolute atomic E-state index is 0.0209. The summed E-state index contributed by atoms with van der Waals surface area (Å²) in [5.41, 5.74) is 1.17. The molecule has 0 N–H and O–H groups in total. The smallest absolute Gasteiger partial charge is 0.0597 e. The van der Waals surface area contributed by atoms with Crippen molar-refractivity contribution < 1.29 is 0 Å². The van der Waals surface area contributed by atoms with Crippen molar-refractivity contribution in [2.45, 2.75) is 45.8 Å². The maximum absolute atomic E-state index is 4.80. The van der Waals surface area contributed by atoms with E-state index in [1.54, 1.807) is 23.5 Å². The quantitative estimate of drug-likeness (QED) is 0.520. The number of rotatable bonds is 4. The zero-order valence-electron chi connectivity index (χ0n) is 14.2.